The van der Waals surface area contributed by atoms with E-state index >= 15 is 0 Å². The van der Waals surface area contributed by atoms with Gasteiger partial charge in [-0.15, -0.1) is 11.8 Å². The molecule has 3 heteroatoms. The lowest BCUT2D eigenvalue weighted by Crippen LogP contribution is -2.46. The first-order chi connectivity index (χ1) is 8.65. The summed E-state index contributed by atoms with van der Waals surface area (Å²) in [5, 5.41) is 10.2. The highest BCUT2D eigenvalue weighted by atomic mass is 32.2. The molecular formula is C15H21NOS. The van der Waals surface area contributed by atoms with Crippen molar-refractivity contribution in [1.29, 1.82) is 0 Å². The van der Waals surface area contributed by atoms with Crippen molar-refractivity contribution in [2.45, 2.75) is 60.3 Å². The second kappa shape index (κ2) is 4.87. The number of aliphatic hydroxyl groups is 1. The Morgan fingerprint density at radius 1 is 1.28 bits per heavy atom. The zero-order valence-corrected chi connectivity index (χ0v) is 11.5. The van der Waals surface area contributed by atoms with Gasteiger partial charge in [0.05, 0.1) is 6.10 Å². The summed E-state index contributed by atoms with van der Waals surface area (Å²) in [6, 6.07) is 8.68. The number of hydrogen-bond donors (Lipinski definition) is 2. The number of fused-ring (bicyclic) bond motifs is 1. The van der Waals surface area contributed by atoms with Crippen LogP contribution in [0.25, 0.3) is 0 Å². The Bertz CT molecular complexity index is 401. The maximum Gasteiger partial charge on any atom is 0.0541 e. The molecular weight excluding hydrogens is 242 g/mol. The highest BCUT2D eigenvalue weighted by molar-refractivity contribution is 8.00. The third kappa shape index (κ3) is 2.58. The molecule has 0 amide bonds. The van der Waals surface area contributed by atoms with Crippen molar-refractivity contribution in [3.05, 3.63) is 29.8 Å². The molecule has 98 valence electrons. The Balaban J connectivity index is 1.62. The molecule has 3 N–H and O–H groups in total. The fourth-order valence-electron chi connectivity index (χ4n) is 3.20. The number of rotatable bonds is 2. The van der Waals surface area contributed by atoms with Crippen LogP contribution < -0.4 is 5.73 Å². The number of benzene rings is 1. The van der Waals surface area contributed by atoms with Crippen molar-refractivity contribution < 1.29 is 5.11 Å². The lowest BCUT2D eigenvalue weighted by molar-refractivity contribution is 0.0943. The molecule has 1 heterocycles. The molecule has 1 aromatic carbocycles. The minimum atomic E-state index is -0.116. The molecule has 1 aliphatic heterocycles. The van der Waals surface area contributed by atoms with E-state index < -0.39 is 0 Å². The van der Waals surface area contributed by atoms with Gasteiger partial charge in [0.25, 0.3) is 0 Å². The Morgan fingerprint density at radius 2 is 2.00 bits per heavy atom. The van der Waals surface area contributed by atoms with Gasteiger partial charge in [0.15, 0.2) is 0 Å². The zero-order chi connectivity index (χ0) is 12.6. The van der Waals surface area contributed by atoms with E-state index in [1.54, 1.807) is 0 Å². The average molecular weight is 263 g/mol. The van der Waals surface area contributed by atoms with Crippen molar-refractivity contribution in [2.24, 2.45) is 5.73 Å². The predicted molar refractivity (Wildman–Crippen MR) is 75.8 cm³/mol. The van der Waals surface area contributed by atoms with Crippen molar-refractivity contribution in [3.63, 3.8) is 0 Å². The summed E-state index contributed by atoms with van der Waals surface area (Å²) >= 11 is 1.99. The molecule has 0 spiro atoms. The van der Waals surface area contributed by atoms with Crippen LogP contribution in [0.3, 0.4) is 0 Å². The Kier molecular flexibility index (Phi) is 3.39. The zero-order valence-electron chi connectivity index (χ0n) is 10.6. The van der Waals surface area contributed by atoms with E-state index in [4.69, 9.17) is 5.73 Å². The van der Waals surface area contributed by atoms with E-state index in [0.29, 0.717) is 5.25 Å². The van der Waals surface area contributed by atoms with E-state index in [1.165, 1.54) is 10.5 Å². The van der Waals surface area contributed by atoms with Crippen molar-refractivity contribution in [1.82, 2.24) is 0 Å². The van der Waals surface area contributed by atoms with E-state index in [-0.39, 0.29) is 11.6 Å². The summed E-state index contributed by atoms with van der Waals surface area (Å²) in [5.41, 5.74) is 7.95. The monoisotopic (exact) mass is 263 g/mol. The van der Waals surface area contributed by atoms with Gasteiger partial charge in [0.1, 0.15) is 0 Å². The van der Waals surface area contributed by atoms with Crippen LogP contribution in [0.15, 0.2) is 29.2 Å². The molecule has 0 radical (unpaired) electrons. The molecule has 1 aliphatic carbocycles. The van der Waals surface area contributed by atoms with Crippen LogP contribution in [-0.2, 0) is 6.42 Å². The summed E-state index contributed by atoms with van der Waals surface area (Å²) in [5.74, 6) is 0. The molecule has 2 aliphatic rings. The summed E-state index contributed by atoms with van der Waals surface area (Å²) in [4.78, 5) is 1.43. The Morgan fingerprint density at radius 3 is 2.72 bits per heavy atom. The van der Waals surface area contributed by atoms with Crippen molar-refractivity contribution in [3.8, 4) is 0 Å². The van der Waals surface area contributed by atoms with Gasteiger partial charge < -0.3 is 10.8 Å². The van der Waals surface area contributed by atoms with Crippen LogP contribution in [0.5, 0.6) is 0 Å². The standard InChI is InChI=1S/C15H21NOS/c16-15(7-5-12(17)6-8-15)10-13-9-11-3-1-2-4-14(11)18-13/h1-4,12-13,17H,5-10,16H2. The molecule has 2 nitrogen and oxygen atoms in total. The van der Waals surface area contributed by atoms with Crippen LogP contribution in [0.1, 0.15) is 37.7 Å². The molecule has 18 heavy (non-hydrogen) atoms. The van der Waals surface area contributed by atoms with Gasteiger partial charge in [-0.25, -0.2) is 0 Å². The van der Waals surface area contributed by atoms with Crippen LogP contribution in [-0.4, -0.2) is 22.0 Å². The smallest absolute Gasteiger partial charge is 0.0541 e. The van der Waals surface area contributed by atoms with Gasteiger partial charge in [0.2, 0.25) is 0 Å². The third-order valence-electron chi connectivity index (χ3n) is 4.30. The summed E-state index contributed by atoms with van der Waals surface area (Å²) in [6.07, 6.45) is 5.82. The van der Waals surface area contributed by atoms with E-state index in [1.807, 2.05) is 11.8 Å². The Hall–Kier alpha value is -0.510. The molecule has 1 atom stereocenters. The van der Waals surface area contributed by atoms with E-state index in [9.17, 15) is 5.11 Å². The van der Waals surface area contributed by atoms with Crippen LogP contribution >= 0.6 is 11.8 Å². The van der Waals surface area contributed by atoms with Crippen molar-refractivity contribution >= 4 is 11.8 Å². The Labute approximate surface area is 113 Å². The minimum Gasteiger partial charge on any atom is -0.393 e. The molecule has 3 rings (SSSR count). The summed E-state index contributed by atoms with van der Waals surface area (Å²) in [7, 11) is 0. The molecule has 1 aromatic rings. The van der Waals surface area contributed by atoms with E-state index in [2.05, 4.69) is 24.3 Å². The fraction of sp³-hybridized carbons (Fsp3) is 0.600. The van der Waals surface area contributed by atoms with Gasteiger partial charge in [-0.3, -0.25) is 0 Å². The van der Waals surface area contributed by atoms with Crippen molar-refractivity contribution in [2.75, 3.05) is 0 Å². The van der Waals surface area contributed by atoms with Gasteiger partial charge in [-0.05, 0) is 50.2 Å². The maximum absolute atomic E-state index is 9.58. The second-order valence-electron chi connectivity index (χ2n) is 5.85. The predicted octanol–water partition coefficient (Wildman–Crippen LogP) is 2.73. The van der Waals surface area contributed by atoms with Crippen LogP contribution in [0, 0.1) is 0 Å². The normalized spacial score (nSPS) is 35.4. The molecule has 1 fully saturated rings. The summed E-state index contributed by atoms with van der Waals surface area (Å²) < 4.78 is 0. The van der Waals surface area contributed by atoms with Gasteiger partial charge in [-0.2, -0.15) is 0 Å². The van der Waals surface area contributed by atoms with Crippen LogP contribution in [0.4, 0.5) is 0 Å². The average Bonchev–Trinajstić information content (AvgIpc) is 2.75. The second-order valence-corrected chi connectivity index (χ2v) is 7.19. The molecule has 1 unspecified atom stereocenters. The number of nitrogens with two attached hydrogens (primary N) is 1. The largest absolute Gasteiger partial charge is 0.393 e. The number of hydrogen-bond acceptors (Lipinski definition) is 3. The fourth-order valence-corrected chi connectivity index (χ4v) is 4.70. The third-order valence-corrected chi connectivity index (χ3v) is 5.62. The lowest BCUT2D eigenvalue weighted by atomic mass is 9.77. The van der Waals surface area contributed by atoms with Gasteiger partial charge in [0, 0.05) is 15.7 Å². The minimum absolute atomic E-state index is 0.0427. The maximum atomic E-state index is 9.58. The molecule has 1 saturated carbocycles. The first-order valence-corrected chi connectivity index (χ1v) is 7.74. The quantitative estimate of drug-likeness (QED) is 0.862. The van der Waals surface area contributed by atoms with Crippen LogP contribution in [0.2, 0.25) is 0 Å². The first kappa shape index (κ1) is 12.5. The van der Waals surface area contributed by atoms with E-state index in [0.717, 1.165) is 38.5 Å². The number of thioether (sulfide) groups is 1. The SMILES string of the molecule is NC1(CC2Cc3ccccc3S2)CCC(O)CC1. The topological polar surface area (TPSA) is 46.2 Å². The first-order valence-electron chi connectivity index (χ1n) is 6.86. The van der Waals surface area contributed by atoms with Gasteiger partial charge in [-0.1, -0.05) is 18.2 Å². The van der Waals surface area contributed by atoms with Gasteiger partial charge >= 0.3 is 0 Å². The highest BCUT2D eigenvalue weighted by Crippen LogP contribution is 2.42. The highest BCUT2D eigenvalue weighted by Gasteiger charge is 2.35. The number of aliphatic hydroxyl groups excluding tert-OH is 1. The summed E-state index contributed by atoms with van der Waals surface area (Å²) in [6.45, 7) is 0. The lowest BCUT2D eigenvalue weighted by Gasteiger charge is -2.37. The molecule has 0 bridgehead atoms. The molecule has 0 saturated heterocycles. The molecule has 0 aromatic heterocycles.